The molecule has 1 saturated heterocycles. The van der Waals surface area contributed by atoms with Gasteiger partial charge in [-0.25, -0.2) is 13.2 Å². The SMILES string of the molecule is OC(COc1c(F)cc(Br)cc1F)CN1CCN(c2ccc(F)cc2)CC1.[Cl-]. The highest BCUT2D eigenvalue weighted by Gasteiger charge is 2.21. The maximum Gasteiger partial charge on any atom is 0.190 e. The van der Waals surface area contributed by atoms with Gasteiger partial charge >= 0.3 is 0 Å². The smallest absolute Gasteiger partial charge is 0.190 e. The van der Waals surface area contributed by atoms with E-state index in [1.165, 1.54) is 12.1 Å². The lowest BCUT2D eigenvalue weighted by molar-refractivity contribution is -0.00000968. The third-order valence-corrected chi connectivity index (χ3v) is 4.87. The predicted molar refractivity (Wildman–Crippen MR) is 101 cm³/mol. The molecule has 2 aromatic carbocycles. The van der Waals surface area contributed by atoms with Gasteiger partial charge in [-0.1, -0.05) is 15.9 Å². The molecule has 4 nitrogen and oxygen atoms in total. The fraction of sp³-hybridized carbons (Fsp3) is 0.368. The zero-order chi connectivity index (χ0) is 19.4. The van der Waals surface area contributed by atoms with Crippen LogP contribution in [0.4, 0.5) is 18.9 Å². The lowest BCUT2D eigenvalue weighted by atomic mass is 10.2. The van der Waals surface area contributed by atoms with Gasteiger partial charge in [0.15, 0.2) is 17.4 Å². The van der Waals surface area contributed by atoms with E-state index in [-0.39, 0.29) is 29.3 Å². The molecule has 0 bridgehead atoms. The Kier molecular flexibility index (Phi) is 8.42. The normalized spacial score (nSPS) is 15.8. The topological polar surface area (TPSA) is 35.9 Å². The summed E-state index contributed by atoms with van der Waals surface area (Å²) in [5, 5.41) is 10.1. The maximum absolute atomic E-state index is 13.7. The minimum absolute atomic E-state index is 0. The number of anilines is 1. The Morgan fingerprint density at radius 2 is 1.57 bits per heavy atom. The standard InChI is InChI=1S/C19H20BrF3N2O2.ClH/c20-13-9-17(22)19(18(23)10-13)27-12-16(26)11-24-5-7-25(8-6-24)15-3-1-14(21)2-4-15;/h1-4,9-10,16,26H,5-8,11-12H2;1H/p-1. The van der Waals surface area contributed by atoms with Crippen LogP contribution in [0.1, 0.15) is 0 Å². The summed E-state index contributed by atoms with van der Waals surface area (Å²) in [7, 11) is 0. The average molecular weight is 481 g/mol. The quantitative estimate of drug-likeness (QED) is 0.651. The summed E-state index contributed by atoms with van der Waals surface area (Å²) in [6, 6.07) is 8.58. The van der Waals surface area contributed by atoms with Crippen molar-refractivity contribution in [2.75, 3.05) is 44.2 Å². The van der Waals surface area contributed by atoms with Gasteiger partial charge in [0.05, 0.1) is 0 Å². The van der Waals surface area contributed by atoms with Crippen molar-refractivity contribution < 1.29 is 35.4 Å². The van der Waals surface area contributed by atoms with Crippen LogP contribution in [0.15, 0.2) is 40.9 Å². The molecule has 154 valence electrons. The fourth-order valence-electron chi connectivity index (χ4n) is 3.04. The molecule has 2 aromatic rings. The Hall–Kier alpha value is -1.48. The second-order valence-electron chi connectivity index (χ2n) is 6.43. The summed E-state index contributed by atoms with van der Waals surface area (Å²) in [6.45, 7) is 3.07. The van der Waals surface area contributed by atoms with E-state index in [2.05, 4.69) is 25.7 Å². The van der Waals surface area contributed by atoms with Gasteiger partial charge in [0, 0.05) is 42.9 Å². The molecular formula is C19H20BrClF3N2O2-. The molecule has 1 heterocycles. The van der Waals surface area contributed by atoms with Crippen LogP contribution >= 0.6 is 15.9 Å². The van der Waals surface area contributed by atoms with Crippen LogP contribution in [-0.4, -0.2) is 55.4 Å². The summed E-state index contributed by atoms with van der Waals surface area (Å²) in [5.74, 6) is -2.39. The maximum atomic E-state index is 13.7. The molecule has 0 aliphatic carbocycles. The second kappa shape index (κ2) is 10.3. The molecule has 3 rings (SSSR count). The summed E-state index contributed by atoms with van der Waals surface area (Å²) in [5.41, 5.74) is 0.959. The number of nitrogens with zero attached hydrogens (tertiary/aromatic N) is 2. The van der Waals surface area contributed by atoms with Gasteiger partial charge < -0.3 is 27.2 Å². The Morgan fingerprint density at radius 3 is 2.14 bits per heavy atom. The van der Waals surface area contributed by atoms with Crippen molar-refractivity contribution in [2.45, 2.75) is 6.10 Å². The Bertz CT molecular complexity index is 751. The summed E-state index contributed by atoms with van der Waals surface area (Å²) >= 11 is 3.00. The first-order valence-corrected chi connectivity index (χ1v) is 9.40. The highest BCUT2D eigenvalue weighted by atomic mass is 79.9. The number of aliphatic hydroxyl groups is 1. The van der Waals surface area contributed by atoms with Crippen LogP contribution in [0.5, 0.6) is 5.75 Å². The first-order valence-electron chi connectivity index (χ1n) is 8.60. The molecule has 1 unspecified atom stereocenters. The van der Waals surface area contributed by atoms with Crippen molar-refractivity contribution in [1.29, 1.82) is 0 Å². The minimum Gasteiger partial charge on any atom is -1.00 e. The lowest BCUT2D eigenvalue weighted by Crippen LogP contribution is -3.00. The van der Waals surface area contributed by atoms with Crippen molar-refractivity contribution in [3.8, 4) is 5.75 Å². The Morgan fingerprint density at radius 1 is 1.00 bits per heavy atom. The van der Waals surface area contributed by atoms with Crippen molar-refractivity contribution in [3.05, 3.63) is 58.3 Å². The summed E-state index contributed by atoms with van der Waals surface area (Å²) in [4.78, 5) is 4.20. The van der Waals surface area contributed by atoms with Gasteiger partial charge in [0.1, 0.15) is 18.5 Å². The number of β-amino-alcohol motifs (C(OH)–C–C–N with tert-alkyl or cyclic N) is 1. The van der Waals surface area contributed by atoms with Crippen LogP contribution in [-0.2, 0) is 0 Å². The van der Waals surface area contributed by atoms with Crippen molar-refractivity contribution >= 4 is 21.6 Å². The van der Waals surface area contributed by atoms with E-state index in [0.717, 1.165) is 44.0 Å². The van der Waals surface area contributed by atoms with Crippen LogP contribution in [0.2, 0.25) is 0 Å². The molecule has 0 aromatic heterocycles. The fourth-order valence-corrected chi connectivity index (χ4v) is 3.44. The predicted octanol–water partition coefficient (Wildman–Crippen LogP) is 0.432. The molecular weight excluding hydrogens is 461 g/mol. The molecule has 1 N–H and O–H groups in total. The van der Waals surface area contributed by atoms with Crippen molar-refractivity contribution in [2.24, 2.45) is 0 Å². The van der Waals surface area contributed by atoms with E-state index >= 15 is 0 Å². The molecule has 0 radical (unpaired) electrons. The van der Waals surface area contributed by atoms with E-state index < -0.39 is 23.5 Å². The third-order valence-electron chi connectivity index (χ3n) is 4.42. The van der Waals surface area contributed by atoms with Gasteiger partial charge in [0.2, 0.25) is 0 Å². The summed E-state index contributed by atoms with van der Waals surface area (Å²) in [6.07, 6.45) is -0.871. The Balaban J connectivity index is 0.00000280. The molecule has 1 aliphatic rings. The van der Waals surface area contributed by atoms with Crippen LogP contribution < -0.4 is 22.0 Å². The van der Waals surface area contributed by atoms with Gasteiger partial charge in [-0.05, 0) is 36.4 Å². The van der Waals surface area contributed by atoms with Crippen LogP contribution in [0.25, 0.3) is 0 Å². The molecule has 28 heavy (non-hydrogen) atoms. The number of aliphatic hydroxyl groups excluding tert-OH is 1. The van der Waals surface area contributed by atoms with Crippen LogP contribution in [0, 0.1) is 17.5 Å². The van der Waals surface area contributed by atoms with Crippen molar-refractivity contribution in [1.82, 2.24) is 4.90 Å². The van der Waals surface area contributed by atoms with E-state index in [1.54, 1.807) is 12.1 Å². The van der Waals surface area contributed by atoms with Crippen LogP contribution in [0.3, 0.4) is 0 Å². The van der Waals surface area contributed by atoms with E-state index in [4.69, 9.17) is 4.74 Å². The lowest BCUT2D eigenvalue weighted by Gasteiger charge is -2.36. The molecule has 0 saturated carbocycles. The molecule has 1 atom stereocenters. The largest absolute Gasteiger partial charge is 1.00 e. The molecule has 9 heteroatoms. The molecule has 1 fully saturated rings. The second-order valence-corrected chi connectivity index (χ2v) is 7.34. The van der Waals surface area contributed by atoms with E-state index in [1.807, 2.05) is 0 Å². The number of ether oxygens (including phenoxy) is 1. The molecule has 0 spiro atoms. The van der Waals surface area contributed by atoms with Gasteiger partial charge in [0.25, 0.3) is 0 Å². The minimum atomic E-state index is -0.871. The van der Waals surface area contributed by atoms with Gasteiger partial charge in [-0.3, -0.25) is 4.90 Å². The van der Waals surface area contributed by atoms with E-state index in [9.17, 15) is 18.3 Å². The first kappa shape index (κ1) is 22.8. The Labute approximate surface area is 176 Å². The number of hydrogen-bond donors (Lipinski definition) is 1. The zero-order valence-electron chi connectivity index (χ0n) is 14.9. The first-order chi connectivity index (χ1) is 12.9. The third kappa shape index (κ3) is 6.01. The zero-order valence-corrected chi connectivity index (χ0v) is 17.3. The monoisotopic (exact) mass is 479 g/mol. The number of hydrogen-bond acceptors (Lipinski definition) is 4. The number of piperazine rings is 1. The number of rotatable bonds is 6. The highest BCUT2D eigenvalue weighted by molar-refractivity contribution is 9.10. The molecule has 0 amide bonds. The van der Waals surface area contributed by atoms with Gasteiger partial charge in [-0.2, -0.15) is 0 Å². The summed E-state index contributed by atoms with van der Waals surface area (Å²) < 4.78 is 45.9. The molecule has 1 aliphatic heterocycles. The number of benzene rings is 2. The van der Waals surface area contributed by atoms with Gasteiger partial charge in [-0.15, -0.1) is 0 Å². The van der Waals surface area contributed by atoms with Crippen molar-refractivity contribution in [3.63, 3.8) is 0 Å². The highest BCUT2D eigenvalue weighted by Crippen LogP contribution is 2.26. The number of halogens is 5. The van der Waals surface area contributed by atoms with E-state index in [0.29, 0.717) is 6.54 Å². The average Bonchev–Trinajstić information content (AvgIpc) is 2.62.